The number of H-pyrrole nitrogens is 1. The number of ether oxygens (including phenoxy) is 2. The predicted molar refractivity (Wildman–Crippen MR) is 149 cm³/mol. The molecule has 0 saturated heterocycles. The van der Waals surface area contributed by atoms with Crippen LogP contribution < -0.4 is 20.3 Å². The van der Waals surface area contributed by atoms with Gasteiger partial charge in [0, 0.05) is 60.5 Å². The van der Waals surface area contributed by atoms with Crippen molar-refractivity contribution in [2.75, 3.05) is 18.7 Å². The highest BCUT2D eigenvalue weighted by Gasteiger charge is 2.18. The first-order valence-electron chi connectivity index (χ1n) is 11.9. The zero-order chi connectivity index (χ0) is 26.9. The number of nitrogens with one attached hydrogen (secondary N) is 2. The summed E-state index contributed by atoms with van der Waals surface area (Å²) in [6, 6.07) is 21.9. The maximum Gasteiger partial charge on any atom is 0.274 e. The summed E-state index contributed by atoms with van der Waals surface area (Å²) in [7, 11) is -0.181. The number of nitrogens with zero attached hydrogens (tertiary/aromatic N) is 1. The summed E-state index contributed by atoms with van der Waals surface area (Å²) in [5.41, 5.74) is 3.42. The molecule has 0 aliphatic heterocycles. The molecule has 8 nitrogen and oxygen atoms in total. The van der Waals surface area contributed by atoms with Crippen LogP contribution in [0, 0.1) is 0 Å². The Kier molecular flexibility index (Phi) is 6.69. The summed E-state index contributed by atoms with van der Waals surface area (Å²) in [4.78, 5) is 15.7. The molecule has 0 atom stereocenters. The molecule has 0 fully saturated rings. The molecule has 0 aliphatic carbocycles. The lowest BCUT2D eigenvalue weighted by Gasteiger charge is -2.15. The predicted octanol–water partition coefficient (Wildman–Crippen LogP) is 5.35. The first kappa shape index (κ1) is 25.2. The van der Waals surface area contributed by atoms with Gasteiger partial charge in [0.15, 0.2) is 9.84 Å². The molecule has 2 N–H and O–H groups in total. The minimum absolute atomic E-state index is 0.158. The molecule has 0 aliphatic rings. The van der Waals surface area contributed by atoms with Gasteiger partial charge in [0.1, 0.15) is 22.8 Å². The summed E-state index contributed by atoms with van der Waals surface area (Å²) < 4.78 is 37.8. The van der Waals surface area contributed by atoms with Gasteiger partial charge in [-0.15, -0.1) is 0 Å². The van der Waals surface area contributed by atoms with E-state index in [1.165, 1.54) is 10.6 Å². The van der Waals surface area contributed by atoms with Gasteiger partial charge in [-0.05, 0) is 54.1 Å². The number of rotatable bonds is 8. The highest BCUT2D eigenvalue weighted by Crippen LogP contribution is 2.38. The van der Waals surface area contributed by atoms with Crippen LogP contribution in [0.3, 0.4) is 0 Å². The van der Waals surface area contributed by atoms with Crippen LogP contribution in [-0.4, -0.2) is 31.3 Å². The zero-order valence-electron chi connectivity index (χ0n) is 21.2. The van der Waals surface area contributed by atoms with Gasteiger partial charge in [-0.25, -0.2) is 8.42 Å². The van der Waals surface area contributed by atoms with Crippen molar-refractivity contribution in [1.29, 1.82) is 0 Å². The molecule has 0 bridgehead atoms. The third-order valence-electron chi connectivity index (χ3n) is 6.26. The quantitative estimate of drug-likeness (QED) is 0.281. The number of sulfone groups is 1. The molecule has 0 radical (unpaired) electrons. The van der Waals surface area contributed by atoms with Gasteiger partial charge in [0.05, 0.1) is 12.0 Å². The summed E-state index contributed by atoms with van der Waals surface area (Å²) in [6.07, 6.45) is 4.55. The Morgan fingerprint density at radius 1 is 0.947 bits per heavy atom. The maximum absolute atomic E-state index is 12.6. The molecule has 0 saturated carbocycles. The Morgan fingerprint density at radius 2 is 1.74 bits per heavy atom. The van der Waals surface area contributed by atoms with E-state index in [0.29, 0.717) is 40.1 Å². The fourth-order valence-electron chi connectivity index (χ4n) is 4.31. The first-order valence-corrected chi connectivity index (χ1v) is 13.8. The largest absolute Gasteiger partial charge is 0.497 e. The number of hydrogen-bond acceptors (Lipinski definition) is 6. The van der Waals surface area contributed by atoms with Gasteiger partial charge in [-0.3, -0.25) is 4.79 Å². The molecule has 38 heavy (non-hydrogen) atoms. The summed E-state index contributed by atoms with van der Waals surface area (Å²) >= 11 is 0. The number of fused-ring (bicyclic) bond motifs is 1. The molecule has 2 aromatic heterocycles. The van der Waals surface area contributed by atoms with Crippen molar-refractivity contribution in [2.24, 2.45) is 7.05 Å². The second-order valence-corrected chi connectivity index (χ2v) is 11.0. The fourth-order valence-corrected chi connectivity index (χ4v) is 4.95. The fraction of sp³-hybridized carbons (Fsp3) is 0.138. The third kappa shape index (κ3) is 5.14. The first-order chi connectivity index (χ1) is 18.2. The summed E-state index contributed by atoms with van der Waals surface area (Å²) in [5, 5.41) is 4.07. The second-order valence-electron chi connectivity index (χ2n) is 8.99. The normalized spacial score (nSPS) is 11.4. The van der Waals surface area contributed by atoms with Crippen LogP contribution in [0.2, 0.25) is 0 Å². The Bertz CT molecular complexity index is 1810. The number of pyridine rings is 1. The monoisotopic (exact) mass is 529 g/mol. The van der Waals surface area contributed by atoms with E-state index in [-0.39, 0.29) is 10.5 Å². The highest BCUT2D eigenvalue weighted by atomic mass is 32.2. The molecule has 194 valence electrons. The molecular formula is C29H27N3O5S. The van der Waals surface area contributed by atoms with Gasteiger partial charge in [-0.1, -0.05) is 18.2 Å². The van der Waals surface area contributed by atoms with Crippen molar-refractivity contribution in [3.05, 3.63) is 101 Å². The molecule has 2 heterocycles. The Balaban J connectivity index is 1.51. The number of aromatic amines is 1. The Hall–Kier alpha value is -4.50. The van der Waals surface area contributed by atoms with E-state index in [0.717, 1.165) is 23.3 Å². The average Bonchev–Trinajstić information content (AvgIpc) is 3.40. The van der Waals surface area contributed by atoms with E-state index in [1.807, 2.05) is 48.5 Å². The second kappa shape index (κ2) is 10.1. The summed E-state index contributed by atoms with van der Waals surface area (Å²) in [5.74, 6) is 1.83. The van der Waals surface area contributed by atoms with Crippen molar-refractivity contribution < 1.29 is 17.9 Å². The third-order valence-corrected chi connectivity index (χ3v) is 7.37. The van der Waals surface area contributed by atoms with E-state index in [2.05, 4.69) is 10.3 Å². The molecule has 0 amide bonds. The van der Waals surface area contributed by atoms with Gasteiger partial charge in [0.2, 0.25) is 0 Å². The minimum Gasteiger partial charge on any atom is -0.497 e. The standard InChI is InChI=1S/C29H27N3O5S/c1-32-18-26(24-12-13-30-28(24)29(32)33)25-16-23(38(3,34)35)10-11-27(25)37-22-9-5-7-20(15-22)31-17-19-6-4-8-21(14-19)36-2/h4-16,18,30-31H,17H2,1-3H3. The summed E-state index contributed by atoms with van der Waals surface area (Å²) in [6.45, 7) is 0.596. The van der Waals surface area contributed by atoms with Crippen molar-refractivity contribution in [3.8, 4) is 28.4 Å². The smallest absolute Gasteiger partial charge is 0.274 e. The molecule has 5 rings (SSSR count). The van der Waals surface area contributed by atoms with Crippen LogP contribution in [0.5, 0.6) is 17.2 Å². The maximum atomic E-state index is 12.6. The Labute approximate surface area is 220 Å². The zero-order valence-corrected chi connectivity index (χ0v) is 22.0. The van der Waals surface area contributed by atoms with Gasteiger partial charge in [0.25, 0.3) is 5.56 Å². The van der Waals surface area contributed by atoms with Gasteiger partial charge < -0.3 is 24.3 Å². The number of benzene rings is 3. The molecular weight excluding hydrogens is 502 g/mol. The van der Waals surface area contributed by atoms with Crippen LogP contribution in [-0.2, 0) is 23.4 Å². The van der Waals surface area contributed by atoms with Crippen LogP contribution >= 0.6 is 0 Å². The van der Waals surface area contributed by atoms with Gasteiger partial charge >= 0.3 is 0 Å². The van der Waals surface area contributed by atoms with Crippen molar-refractivity contribution >= 4 is 26.4 Å². The Morgan fingerprint density at radius 3 is 2.53 bits per heavy atom. The molecule has 0 unspecified atom stereocenters. The topological polar surface area (TPSA) is 102 Å². The molecule has 3 aromatic carbocycles. The number of anilines is 1. The van der Waals surface area contributed by atoms with E-state index < -0.39 is 9.84 Å². The lowest BCUT2D eigenvalue weighted by molar-refractivity contribution is 0.414. The number of aromatic nitrogens is 2. The molecule has 9 heteroatoms. The number of methoxy groups -OCH3 is 1. The van der Waals surface area contributed by atoms with Crippen molar-refractivity contribution in [2.45, 2.75) is 11.4 Å². The molecule has 0 spiro atoms. The number of aryl methyl sites for hydroxylation is 1. The van der Waals surface area contributed by atoms with Crippen LogP contribution in [0.25, 0.3) is 22.0 Å². The SMILES string of the molecule is COc1cccc(CNc2cccc(Oc3ccc(S(C)(=O)=O)cc3-c3cn(C)c(=O)c4[nH]ccc34)c2)c1. The van der Waals surface area contributed by atoms with E-state index in [1.54, 1.807) is 44.8 Å². The highest BCUT2D eigenvalue weighted by molar-refractivity contribution is 7.90. The van der Waals surface area contributed by atoms with E-state index in [9.17, 15) is 13.2 Å². The van der Waals surface area contributed by atoms with Crippen molar-refractivity contribution in [1.82, 2.24) is 9.55 Å². The van der Waals surface area contributed by atoms with Crippen molar-refractivity contribution in [3.63, 3.8) is 0 Å². The number of hydrogen-bond donors (Lipinski definition) is 2. The van der Waals surface area contributed by atoms with Crippen LogP contribution in [0.4, 0.5) is 5.69 Å². The minimum atomic E-state index is -3.48. The van der Waals surface area contributed by atoms with Crippen LogP contribution in [0.1, 0.15) is 5.56 Å². The van der Waals surface area contributed by atoms with Crippen LogP contribution in [0.15, 0.2) is 94.9 Å². The van der Waals surface area contributed by atoms with Gasteiger partial charge in [-0.2, -0.15) is 0 Å². The van der Waals surface area contributed by atoms with E-state index in [4.69, 9.17) is 9.47 Å². The lowest BCUT2D eigenvalue weighted by atomic mass is 10.0. The average molecular weight is 530 g/mol. The lowest BCUT2D eigenvalue weighted by Crippen LogP contribution is -2.16. The van der Waals surface area contributed by atoms with E-state index >= 15 is 0 Å². The molecule has 5 aromatic rings.